The molecule has 0 radical (unpaired) electrons. The van der Waals surface area contributed by atoms with Crippen LogP contribution in [0.3, 0.4) is 0 Å². The van der Waals surface area contributed by atoms with E-state index in [9.17, 15) is 14.7 Å². The predicted molar refractivity (Wildman–Crippen MR) is 83.2 cm³/mol. The number of carbonyl (C=O) groups is 2. The zero-order valence-electron chi connectivity index (χ0n) is 13.5. The highest BCUT2D eigenvalue weighted by Gasteiger charge is 2.47. The molecule has 0 spiro atoms. The minimum atomic E-state index is -0.419. The van der Waals surface area contributed by atoms with Crippen molar-refractivity contribution in [2.75, 3.05) is 6.54 Å². The van der Waals surface area contributed by atoms with Gasteiger partial charge in [0.15, 0.2) is 17.3 Å². The lowest BCUT2D eigenvalue weighted by molar-refractivity contribution is -0.139. The van der Waals surface area contributed by atoms with Crippen LogP contribution in [-0.4, -0.2) is 28.9 Å². The van der Waals surface area contributed by atoms with E-state index in [2.05, 4.69) is 5.32 Å². The van der Waals surface area contributed by atoms with E-state index < -0.39 is 5.41 Å². The molecule has 0 amide bonds. The number of phenols is 1. The Hall–Kier alpha value is -1.88. The van der Waals surface area contributed by atoms with Crippen molar-refractivity contribution in [3.63, 3.8) is 0 Å². The first kappa shape index (κ1) is 16.5. The van der Waals surface area contributed by atoms with Gasteiger partial charge < -0.3 is 15.2 Å². The lowest BCUT2D eigenvalue weighted by atomic mass is 10.1. The Balaban J connectivity index is 2.03. The number of ether oxygens (including phenoxy) is 1. The highest BCUT2D eigenvalue weighted by atomic mass is 16.5. The highest BCUT2D eigenvalue weighted by Crippen LogP contribution is 2.46. The zero-order valence-corrected chi connectivity index (χ0v) is 13.5. The van der Waals surface area contributed by atoms with Crippen molar-refractivity contribution in [1.82, 2.24) is 5.32 Å². The van der Waals surface area contributed by atoms with Crippen molar-refractivity contribution >= 4 is 11.8 Å². The molecule has 1 aromatic rings. The summed E-state index contributed by atoms with van der Waals surface area (Å²) in [5, 5.41) is 13.1. The predicted octanol–water partition coefficient (Wildman–Crippen LogP) is 2.67. The van der Waals surface area contributed by atoms with Gasteiger partial charge in [-0.15, -0.1) is 0 Å². The van der Waals surface area contributed by atoms with Gasteiger partial charge in [0, 0.05) is 11.1 Å². The van der Waals surface area contributed by atoms with Gasteiger partial charge in [-0.2, -0.15) is 0 Å². The third-order valence-corrected chi connectivity index (χ3v) is 3.76. The monoisotopic (exact) mass is 305 g/mol. The number of esters is 1. The molecule has 22 heavy (non-hydrogen) atoms. The van der Waals surface area contributed by atoms with Crippen molar-refractivity contribution in [3.05, 3.63) is 23.8 Å². The molecule has 0 saturated heterocycles. The fraction of sp³-hybridized carbons (Fsp3) is 0.529. The summed E-state index contributed by atoms with van der Waals surface area (Å²) in [6.07, 6.45) is 1.61. The minimum absolute atomic E-state index is 0.0958. The molecule has 0 aromatic heterocycles. The Bertz CT molecular complexity index is 597. The molecule has 0 atom stereocenters. The lowest BCUT2D eigenvalue weighted by Gasteiger charge is -2.19. The third kappa shape index (κ3) is 4.07. The van der Waals surface area contributed by atoms with Gasteiger partial charge in [0.25, 0.3) is 0 Å². The maximum atomic E-state index is 12.1. The topological polar surface area (TPSA) is 75.6 Å². The Morgan fingerprint density at radius 2 is 1.95 bits per heavy atom. The molecular weight excluding hydrogens is 282 g/mol. The van der Waals surface area contributed by atoms with Crippen molar-refractivity contribution in [3.8, 4) is 11.5 Å². The van der Waals surface area contributed by atoms with Gasteiger partial charge in [-0.3, -0.25) is 9.59 Å². The summed E-state index contributed by atoms with van der Waals surface area (Å²) in [5.74, 6) is -0.564. The molecule has 5 heteroatoms. The number of hydrogen-bond donors (Lipinski definition) is 2. The molecular formula is C17H23NO4. The fourth-order valence-corrected chi connectivity index (χ4v) is 1.84. The standard InChI is InChI=1S/C17H23NO4/c1-16(2,3)18-10-13(20)11-5-6-14(12(19)9-11)22-15(21)17(4)7-8-17/h5-6,9,18-19H,7-8,10H2,1-4H3. The second kappa shape index (κ2) is 5.72. The van der Waals surface area contributed by atoms with Crippen molar-refractivity contribution in [1.29, 1.82) is 0 Å². The molecule has 2 rings (SSSR count). The van der Waals surface area contributed by atoms with Gasteiger partial charge in [-0.05, 0) is 58.7 Å². The first-order valence-corrected chi connectivity index (χ1v) is 7.44. The number of rotatable bonds is 5. The van der Waals surface area contributed by atoms with E-state index in [0.717, 1.165) is 12.8 Å². The summed E-state index contributed by atoms with van der Waals surface area (Å²) >= 11 is 0. The SMILES string of the molecule is CC(C)(C)NCC(=O)c1ccc(OC(=O)C2(C)CC2)c(O)c1. The maximum absolute atomic E-state index is 12.1. The van der Waals surface area contributed by atoms with Crippen LogP contribution in [0.5, 0.6) is 11.5 Å². The second-order valence-corrected chi connectivity index (χ2v) is 7.16. The van der Waals surface area contributed by atoms with Crippen molar-refractivity contribution in [2.45, 2.75) is 46.1 Å². The summed E-state index contributed by atoms with van der Waals surface area (Å²) in [6.45, 7) is 7.93. The van der Waals surface area contributed by atoms with Gasteiger partial charge in [-0.25, -0.2) is 0 Å². The molecule has 1 aliphatic rings. The van der Waals surface area contributed by atoms with Gasteiger partial charge in [0.05, 0.1) is 12.0 Å². The Labute approximate surface area is 130 Å². The van der Waals surface area contributed by atoms with E-state index in [1.165, 1.54) is 12.1 Å². The first-order chi connectivity index (χ1) is 10.1. The molecule has 0 aliphatic heterocycles. The van der Waals surface area contributed by atoms with E-state index in [1.807, 2.05) is 27.7 Å². The Morgan fingerprint density at radius 1 is 1.32 bits per heavy atom. The molecule has 1 fully saturated rings. The van der Waals surface area contributed by atoms with Gasteiger partial charge in [-0.1, -0.05) is 0 Å². The van der Waals surface area contributed by atoms with E-state index in [0.29, 0.717) is 5.56 Å². The van der Waals surface area contributed by atoms with E-state index in [-0.39, 0.29) is 35.3 Å². The third-order valence-electron chi connectivity index (χ3n) is 3.76. The Morgan fingerprint density at radius 3 is 2.45 bits per heavy atom. The minimum Gasteiger partial charge on any atom is -0.504 e. The summed E-state index contributed by atoms with van der Waals surface area (Å²) in [7, 11) is 0. The molecule has 120 valence electrons. The average molecular weight is 305 g/mol. The summed E-state index contributed by atoms with van der Waals surface area (Å²) < 4.78 is 5.21. The van der Waals surface area contributed by atoms with Crippen LogP contribution in [0, 0.1) is 5.41 Å². The molecule has 1 saturated carbocycles. The van der Waals surface area contributed by atoms with Gasteiger partial charge >= 0.3 is 5.97 Å². The van der Waals surface area contributed by atoms with E-state index in [4.69, 9.17) is 4.74 Å². The largest absolute Gasteiger partial charge is 0.504 e. The number of nitrogens with one attached hydrogen (secondary N) is 1. The summed E-state index contributed by atoms with van der Waals surface area (Å²) in [4.78, 5) is 23.9. The number of Topliss-reactive ketones (excluding diaryl/α,β-unsaturated/α-hetero) is 1. The van der Waals surface area contributed by atoms with Crippen LogP contribution in [0.1, 0.15) is 50.9 Å². The van der Waals surface area contributed by atoms with E-state index >= 15 is 0 Å². The molecule has 5 nitrogen and oxygen atoms in total. The van der Waals surface area contributed by atoms with Crippen LogP contribution in [0.15, 0.2) is 18.2 Å². The van der Waals surface area contributed by atoms with Crippen LogP contribution in [-0.2, 0) is 4.79 Å². The number of benzene rings is 1. The lowest BCUT2D eigenvalue weighted by Crippen LogP contribution is -2.39. The van der Waals surface area contributed by atoms with Crippen LogP contribution in [0.25, 0.3) is 0 Å². The van der Waals surface area contributed by atoms with Crippen LogP contribution >= 0.6 is 0 Å². The summed E-state index contributed by atoms with van der Waals surface area (Å²) in [6, 6.07) is 4.36. The number of phenolic OH excluding ortho intramolecular Hbond substituents is 1. The van der Waals surface area contributed by atoms with Crippen molar-refractivity contribution < 1.29 is 19.4 Å². The average Bonchev–Trinajstić information content (AvgIpc) is 3.16. The van der Waals surface area contributed by atoms with Crippen LogP contribution < -0.4 is 10.1 Å². The molecule has 0 unspecified atom stereocenters. The molecule has 0 bridgehead atoms. The van der Waals surface area contributed by atoms with Gasteiger partial charge in [0.2, 0.25) is 0 Å². The van der Waals surface area contributed by atoms with E-state index in [1.54, 1.807) is 6.07 Å². The second-order valence-electron chi connectivity index (χ2n) is 7.16. The highest BCUT2D eigenvalue weighted by molar-refractivity contribution is 5.98. The van der Waals surface area contributed by atoms with Crippen LogP contribution in [0.4, 0.5) is 0 Å². The quantitative estimate of drug-likeness (QED) is 0.497. The summed E-state index contributed by atoms with van der Waals surface area (Å²) in [5.41, 5.74) is -0.198. The normalized spacial score (nSPS) is 16.2. The Kier molecular flexibility index (Phi) is 4.29. The van der Waals surface area contributed by atoms with Crippen LogP contribution in [0.2, 0.25) is 0 Å². The number of hydrogen-bond acceptors (Lipinski definition) is 5. The molecule has 1 aliphatic carbocycles. The molecule has 0 heterocycles. The van der Waals surface area contributed by atoms with Gasteiger partial charge in [0.1, 0.15) is 0 Å². The zero-order chi connectivity index (χ0) is 16.5. The molecule has 2 N–H and O–H groups in total. The number of carbonyl (C=O) groups excluding carboxylic acids is 2. The number of aromatic hydroxyl groups is 1. The van der Waals surface area contributed by atoms with Crippen molar-refractivity contribution in [2.24, 2.45) is 5.41 Å². The smallest absolute Gasteiger partial charge is 0.317 e. The number of ketones is 1. The molecule has 1 aromatic carbocycles. The fourth-order valence-electron chi connectivity index (χ4n) is 1.84. The maximum Gasteiger partial charge on any atom is 0.317 e. The first-order valence-electron chi connectivity index (χ1n) is 7.44.